The van der Waals surface area contributed by atoms with Gasteiger partial charge in [0, 0.05) is 23.4 Å². The molecule has 0 fully saturated rings. The van der Waals surface area contributed by atoms with Gasteiger partial charge >= 0.3 is 5.88 Å². The number of aliphatic imine (C=N–C) groups is 1. The minimum absolute atomic E-state index is 0.185. The van der Waals surface area contributed by atoms with Gasteiger partial charge in [-0.1, -0.05) is 6.07 Å². The molecule has 1 aromatic heterocycles. The molecule has 0 aliphatic carbocycles. The molecule has 2 rings (SSSR count). The molecule has 0 saturated carbocycles. The summed E-state index contributed by atoms with van der Waals surface area (Å²) in [5.41, 5.74) is 6.34. The van der Waals surface area contributed by atoms with Gasteiger partial charge in [-0.2, -0.15) is 0 Å². The van der Waals surface area contributed by atoms with E-state index in [0.29, 0.717) is 18.8 Å². The molecule has 0 atom stereocenters. The zero-order chi connectivity index (χ0) is 15.1. The van der Waals surface area contributed by atoms with Crippen LogP contribution in [0.3, 0.4) is 0 Å². The average Bonchev–Trinajstić information content (AvgIpc) is 2.90. The highest BCUT2D eigenvalue weighted by Crippen LogP contribution is 2.20. The maximum Gasteiger partial charge on any atom is 0.320 e. The number of nitrogens with zero attached hydrogens (tertiary/aromatic N) is 3. The normalized spacial score (nSPS) is 11.8. The molecule has 0 unspecified atom stereocenters. The van der Waals surface area contributed by atoms with Gasteiger partial charge in [0.1, 0.15) is 6.61 Å². The largest absolute Gasteiger partial charge is 0.861 e. The van der Waals surface area contributed by atoms with Gasteiger partial charge in [-0.05, 0) is 28.8 Å². The Morgan fingerprint density at radius 3 is 3.19 bits per heavy atom. The predicted octanol–water partition coefficient (Wildman–Crippen LogP) is 0.373. The van der Waals surface area contributed by atoms with Crippen LogP contribution >= 0.6 is 11.8 Å². The Hall–Kier alpha value is -2.06. The molecule has 0 bridgehead atoms. The number of nitrogen functional groups attached to an aromatic ring is 1. The van der Waals surface area contributed by atoms with Crippen molar-refractivity contribution in [1.29, 1.82) is 0 Å². The zero-order valence-electron chi connectivity index (χ0n) is 11.6. The van der Waals surface area contributed by atoms with Crippen molar-refractivity contribution in [2.45, 2.75) is 11.4 Å². The van der Waals surface area contributed by atoms with Crippen LogP contribution in [0.4, 0.5) is 11.6 Å². The first-order valence-electron chi connectivity index (χ1n) is 6.25. The second kappa shape index (κ2) is 7.65. The van der Waals surface area contributed by atoms with E-state index in [1.807, 2.05) is 18.2 Å². The third kappa shape index (κ3) is 5.09. The quantitative estimate of drug-likeness (QED) is 0.261. The smallest absolute Gasteiger partial charge is 0.320 e. The summed E-state index contributed by atoms with van der Waals surface area (Å²) in [4.78, 5) is 4.77. The van der Waals surface area contributed by atoms with Crippen LogP contribution in [0.25, 0.3) is 0 Å². The lowest BCUT2D eigenvalue weighted by Gasteiger charge is -2.08. The molecule has 112 valence electrons. The molecule has 0 aliphatic rings. The third-order valence-corrected chi connectivity index (χ3v) is 3.46. The first-order valence-corrected chi connectivity index (χ1v) is 7.24. The number of hydrogen-bond donors (Lipinski definition) is 1. The van der Waals surface area contributed by atoms with Crippen molar-refractivity contribution in [1.82, 2.24) is 5.27 Å². The van der Waals surface area contributed by atoms with Crippen LogP contribution in [-0.4, -0.2) is 30.6 Å². The second-order valence-corrected chi connectivity index (χ2v) is 5.21. The molecule has 0 aliphatic heterocycles. The van der Waals surface area contributed by atoms with Crippen molar-refractivity contribution in [2.75, 3.05) is 25.2 Å². The fourth-order valence-electron chi connectivity index (χ4n) is 1.51. The molecule has 21 heavy (non-hydrogen) atoms. The molecule has 2 N–H and O–H groups in total. The first kappa shape index (κ1) is 15.3. The number of aromatic nitrogens is 2. The number of methoxy groups -OCH3 is 1. The van der Waals surface area contributed by atoms with Gasteiger partial charge in [0.25, 0.3) is 6.20 Å². The lowest BCUT2D eigenvalue weighted by Crippen LogP contribution is -2.36. The van der Waals surface area contributed by atoms with E-state index >= 15 is 0 Å². The monoisotopic (exact) mass is 308 g/mol. The number of nitrogens with two attached hydrogens (primary N) is 1. The summed E-state index contributed by atoms with van der Waals surface area (Å²) in [5.74, 6) is 0.101. The molecular weight excluding hydrogens is 292 g/mol. The maximum absolute atomic E-state index is 11.8. The predicted molar refractivity (Wildman–Crippen MR) is 77.2 cm³/mol. The van der Waals surface area contributed by atoms with E-state index in [4.69, 9.17) is 15.0 Å². The van der Waals surface area contributed by atoms with Gasteiger partial charge in [0.2, 0.25) is 11.8 Å². The van der Waals surface area contributed by atoms with Crippen molar-refractivity contribution < 1.29 is 19.0 Å². The van der Waals surface area contributed by atoms with Crippen LogP contribution in [0.5, 0.6) is 0 Å². The standard InChI is InChI=1S/C13H16N4O3S/c1-19-6-5-17-8-13(20-16-17)15-12(18)9-21-11-4-2-3-10(14)7-11/h2-4,7-8H,5-6,9,14H2,1H3. The molecule has 1 aromatic carbocycles. The lowest BCUT2D eigenvalue weighted by atomic mass is 10.3. The summed E-state index contributed by atoms with van der Waals surface area (Å²) in [7, 11) is 1.60. The van der Waals surface area contributed by atoms with Crippen LogP contribution in [-0.2, 0) is 11.3 Å². The summed E-state index contributed by atoms with van der Waals surface area (Å²) >= 11 is 1.37. The molecule has 0 radical (unpaired) electrons. The van der Waals surface area contributed by atoms with Crippen LogP contribution < -0.4 is 15.5 Å². The van der Waals surface area contributed by atoms with Gasteiger partial charge in [0.05, 0.1) is 0 Å². The number of thioether (sulfide) groups is 1. The number of ether oxygens (including phenoxy) is 1. The van der Waals surface area contributed by atoms with Crippen LogP contribution in [0.1, 0.15) is 0 Å². The Morgan fingerprint density at radius 1 is 1.57 bits per heavy atom. The first-order chi connectivity index (χ1) is 10.2. The van der Waals surface area contributed by atoms with Crippen molar-refractivity contribution in [3.8, 4) is 0 Å². The Morgan fingerprint density at radius 2 is 2.43 bits per heavy atom. The summed E-state index contributed by atoms with van der Waals surface area (Å²) in [6.07, 6.45) is 1.56. The van der Waals surface area contributed by atoms with E-state index in [2.05, 4.69) is 10.3 Å². The van der Waals surface area contributed by atoms with Crippen molar-refractivity contribution in [3.63, 3.8) is 0 Å². The SMILES string of the molecule is COCC[n+]1cc(/N=C(\[O-])CSc2cccc(N)c2)on1. The Balaban J connectivity index is 1.90. The summed E-state index contributed by atoms with van der Waals surface area (Å²) < 4.78 is 11.4. The summed E-state index contributed by atoms with van der Waals surface area (Å²) in [6.45, 7) is 1.05. The van der Waals surface area contributed by atoms with E-state index in [-0.39, 0.29) is 17.5 Å². The van der Waals surface area contributed by atoms with Gasteiger partial charge in [0.15, 0.2) is 0 Å². The van der Waals surface area contributed by atoms with Gasteiger partial charge in [-0.25, -0.2) is 4.99 Å². The lowest BCUT2D eigenvalue weighted by molar-refractivity contribution is -0.763. The van der Waals surface area contributed by atoms with E-state index < -0.39 is 0 Å². The highest BCUT2D eigenvalue weighted by molar-refractivity contribution is 8.00. The molecule has 0 amide bonds. The zero-order valence-corrected chi connectivity index (χ0v) is 12.4. The molecule has 7 nitrogen and oxygen atoms in total. The highest BCUT2D eigenvalue weighted by atomic mass is 32.2. The minimum Gasteiger partial charge on any atom is -0.861 e. The number of benzene rings is 1. The summed E-state index contributed by atoms with van der Waals surface area (Å²) in [5, 5.41) is 15.5. The molecule has 0 spiro atoms. The van der Waals surface area contributed by atoms with Crippen LogP contribution in [0.2, 0.25) is 0 Å². The molecular formula is C13H16N4O3S. The molecule has 1 heterocycles. The van der Waals surface area contributed by atoms with Crippen molar-refractivity contribution in [3.05, 3.63) is 30.5 Å². The van der Waals surface area contributed by atoms with Crippen LogP contribution in [0.15, 0.2) is 44.9 Å². The highest BCUT2D eigenvalue weighted by Gasteiger charge is 2.09. The van der Waals surface area contributed by atoms with E-state index in [1.54, 1.807) is 19.4 Å². The van der Waals surface area contributed by atoms with Gasteiger partial charge in [-0.15, -0.1) is 11.8 Å². The topological polar surface area (TPSA) is 101 Å². The third-order valence-electron chi connectivity index (χ3n) is 2.48. The second-order valence-electron chi connectivity index (χ2n) is 4.16. The molecule has 2 aromatic rings. The van der Waals surface area contributed by atoms with Crippen molar-refractivity contribution in [2.24, 2.45) is 4.99 Å². The Kier molecular flexibility index (Phi) is 5.59. The van der Waals surface area contributed by atoms with E-state index in [0.717, 1.165) is 4.90 Å². The number of hydrogen-bond acceptors (Lipinski definition) is 7. The molecule has 8 heteroatoms. The van der Waals surface area contributed by atoms with Crippen molar-refractivity contribution >= 4 is 29.2 Å². The van der Waals surface area contributed by atoms with Crippen LogP contribution in [0, 0.1) is 0 Å². The fraction of sp³-hybridized carbons (Fsp3) is 0.308. The maximum atomic E-state index is 11.8. The fourth-order valence-corrected chi connectivity index (χ4v) is 2.26. The minimum atomic E-state index is -0.294. The van der Waals surface area contributed by atoms with Gasteiger partial charge in [-0.3, -0.25) is 4.52 Å². The van der Waals surface area contributed by atoms with Gasteiger partial charge < -0.3 is 15.6 Å². The Labute approximate surface area is 126 Å². The Bertz CT molecular complexity index is 615. The summed E-state index contributed by atoms with van der Waals surface area (Å²) in [6, 6.07) is 7.34. The number of anilines is 1. The number of rotatable bonds is 7. The van der Waals surface area contributed by atoms with E-state index in [1.165, 1.54) is 16.4 Å². The van der Waals surface area contributed by atoms with E-state index in [9.17, 15) is 5.11 Å². The average molecular weight is 308 g/mol. The molecule has 0 saturated heterocycles.